The van der Waals surface area contributed by atoms with Gasteiger partial charge in [-0.05, 0) is 33.3 Å². The number of aromatic nitrogens is 2. The van der Waals surface area contributed by atoms with Gasteiger partial charge in [-0.2, -0.15) is 4.99 Å². The first-order chi connectivity index (χ1) is 6.00. The average molecular weight is 178 g/mol. The van der Waals surface area contributed by atoms with Crippen LogP contribution in [0.1, 0.15) is 23.9 Å². The molecule has 0 amide bonds. The Morgan fingerprint density at radius 2 is 1.62 bits per heavy atom. The van der Waals surface area contributed by atoms with Gasteiger partial charge in [0.2, 0.25) is 0 Å². The summed E-state index contributed by atoms with van der Waals surface area (Å²) in [6.45, 7) is 7.59. The summed E-state index contributed by atoms with van der Waals surface area (Å²) in [5, 5.41) is 0. The summed E-state index contributed by atoms with van der Waals surface area (Å²) in [6, 6.07) is 0. The molecule has 0 saturated heterocycles. The standard InChI is InChI=1S/C9H14N4/c1-5-6(2)11-9(12-7(5)3)13-8(4)10/h1-4H3,(H2,10,11,12,13). The molecule has 0 saturated carbocycles. The van der Waals surface area contributed by atoms with Crippen LogP contribution < -0.4 is 5.73 Å². The van der Waals surface area contributed by atoms with Gasteiger partial charge >= 0.3 is 0 Å². The van der Waals surface area contributed by atoms with Gasteiger partial charge in [0.25, 0.3) is 5.95 Å². The van der Waals surface area contributed by atoms with Crippen molar-refractivity contribution in [3.05, 3.63) is 17.0 Å². The zero-order valence-electron chi connectivity index (χ0n) is 8.42. The smallest absolute Gasteiger partial charge is 0.251 e. The molecule has 0 atom stereocenters. The highest BCUT2D eigenvalue weighted by molar-refractivity contribution is 5.79. The number of nitrogens with two attached hydrogens (primary N) is 1. The minimum atomic E-state index is 0.445. The van der Waals surface area contributed by atoms with Crippen molar-refractivity contribution in [2.45, 2.75) is 27.7 Å². The molecule has 4 nitrogen and oxygen atoms in total. The summed E-state index contributed by atoms with van der Waals surface area (Å²) < 4.78 is 0. The van der Waals surface area contributed by atoms with Crippen molar-refractivity contribution in [2.75, 3.05) is 0 Å². The van der Waals surface area contributed by atoms with Gasteiger partial charge in [-0.1, -0.05) is 0 Å². The molecule has 0 fully saturated rings. The van der Waals surface area contributed by atoms with Crippen LogP contribution >= 0.6 is 0 Å². The highest BCUT2D eigenvalue weighted by Crippen LogP contribution is 2.12. The summed E-state index contributed by atoms with van der Waals surface area (Å²) in [4.78, 5) is 12.4. The largest absolute Gasteiger partial charge is 0.387 e. The summed E-state index contributed by atoms with van der Waals surface area (Å²) in [7, 11) is 0. The predicted octanol–water partition coefficient (Wildman–Crippen LogP) is 1.41. The molecule has 4 heteroatoms. The highest BCUT2D eigenvalue weighted by Gasteiger charge is 2.02. The van der Waals surface area contributed by atoms with Gasteiger partial charge in [0.1, 0.15) is 0 Å². The highest BCUT2D eigenvalue weighted by atomic mass is 15.1. The molecular formula is C9H14N4. The van der Waals surface area contributed by atoms with Gasteiger partial charge in [0.05, 0.1) is 5.84 Å². The van der Waals surface area contributed by atoms with Crippen LogP contribution in [0, 0.1) is 20.8 Å². The summed E-state index contributed by atoms with van der Waals surface area (Å²) in [5.41, 5.74) is 8.44. The maximum Gasteiger partial charge on any atom is 0.251 e. The van der Waals surface area contributed by atoms with Crippen LogP contribution in [0.2, 0.25) is 0 Å². The van der Waals surface area contributed by atoms with E-state index < -0.39 is 0 Å². The van der Waals surface area contributed by atoms with Gasteiger partial charge in [0.15, 0.2) is 0 Å². The van der Waals surface area contributed by atoms with E-state index >= 15 is 0 Å². The maximum atomic E-state index is 5.43. The van der Waals surface area contributed by atoms with Crippen LogP contribution in [0.5, 0.6) is 0 Å². The van der Waals surface area contributed by atoms with Crippen LogP contribution in [0.3, 0.4) is 0 Å². The Bertz CT molecular complexity index is 328. The topological polar surface area (TPSA) is 64.2 Å². The zero-order valence-corrected chi connectivity index (χ0v) is 8.42. The van der Waals surface area contributed by atoms with E-state index in [-0.39, 0.29) is 0 Å². The third kappa shape index (κ3) is 2.24. The van der Waals surface area contributed by atoms with Crippen LogP contribution in [0.15, 0.2) is 4.99 Å². The predicted molar refractivity (Wildman–Crippen MR) is 53.2 cm³/mol. The molecular weight excluding hydrogens is 164 g/mol. The molecule has 13 heavy (non-hydrogen) atoms. The summed E-state index contributed by atoms with van der Waals surface area (Å²) in [6.07, 6.45) is 0. The van der Waals surface area contributed by atoms with Gasteiger partial charge in [-0.15, -0.1) is 0 Å². The van der Waals surface area contributed by atoms with Crippen molar-refractivity contribution in [1.82, 2.24) is 9.97 Å². The summed E-state index contributed by atoms with van der Waals surface area (Å²) in [5.74, 6) is 0.920. The van der Waals surface area contributed by atoms with E-state index in [0.29, 0.717) is 11.8 Å². The second-order valence-corrected chi connectivity index (χ2v) is 3.07. The van der Waals surface area contributed by atoms with Crippen LogP contribution in [-0.2, 0) is 0 Å². The number of aliphatic imine (C=N–C) groups is 1. The van der Waals surface area contributed by atoms with Crippen molar-refractivity contribution in [2.24, 2.45) is 10.7 Å². The van der Waals surface area contributed by atoms with Crippen molar-refractivity contribution >= 4 is 11.8 Å². The average Bonchev–Trinajstić information content (AvgIpc) is 1.98. The Labute approximate surface area is 77.9 Å². The van der Waals surface area contributed by atoms with Crippen molar-refractivity contribution < 1.29 is 0 Å². The molecule has 0 spiro atoms. The van der Waals surface area contributed by atoms with Crippen LogP contribution in [0.25, 0.3) is 0 Å². The van der Waals surface area contributed by atoms with Crippen molar-refractivity contribution in [3.63, 3.8) is 0 Å². The van der Waals surface area contributed by atoms with E-state index in [4.69, 9.17) is 5.73 Å². The Kier molecular flexibility index (Phi) is 2.60. The number of hydrogen-bond donors (Lipinski definition) is 1. The quantitative estimate of drug-likeness (QED) is 0.522. The summed E-state index contributed by atoms with van der Waals surface area (Å²) >= 11 is 0. The van der Waals surface area contributed by atoms with E-state index in [2.05, 4.69) is 15.0 Å². The van der Waals surface area contributed by atoms with Gasteiger partial charge in [0, 0.05) is 11.4 Å². The monoisotopic (exact) mass is 178 g/mol. The van der Waals surface area contributed by atoms with Crippen molar-refractivity contribution in [1.29, 1.82) is 0 Å². The van der Waals surface area contributed by atoms with E-state index in [0.717, 1.165) is 17.0 Å². The first-order valence-corrected chi connectivity index (χ1v) is 4.13. The van der Waals surface area contributed by atoms with Crippen LogP contribution in [-0.4, -0.2) is 15.8 Å². The Morgan fingerprint density at radius 1 is 1.15 bits per heavy atom. The Balaban J connectivity index is 3.21. The lowest BCUT2D eigenvalue weighted by molar-refractivity contribution is 1.00. The fourth-order valence-corrected chi connectivity index (χ4v) is 0.962. The molecule has 2 N–H and O–H groups in total. The number of amidine groups is 1. The molecule has 1 aromatic heterocycles. The lowest BCUT2D eigenvalue weighted by Crippen LogP contribution is -2.05. The number of rotatable bonds is 1. The fraction of sp³-hybridized carbons (Fsp3) is 0.444. The molecule has 1 heterocycles. The normalized spacial score (nSPS) is 11.8. The molecule has 0 aliphatic heterocycles. The third-order valence-electron chi connectivity index (χ3n) is 1.90. The molecule has 0 aliphatic carbocycles. The Hall–Kier alpha value is -1.45. The molecule has 0 bridgehead atoms. The fourth-order valence-electron chi connectivity index (χ4n) is 0.962. The number of hydrogen-bond acceptors (Lipinski definition) is 3. The second kappa shape index (κ2) is 3.51. The SMILES string of the molecule is CC(N)=Nc1nc(C)c(C)c(C)n1. The van der Waals surface area contributed by atoms with Gasteiger partial charge < -0.3 is 5.73 Å². The molecule has 70 valence electrons. The lowest BCUT2D eigenvalue weighted by Gasteiger charge is -2.03. The first-order valence-electron chi connectivity index (χ1n) is 4.13. The number of aryl methyl sites for hydroxylation is 2. The second-order valence-electron chi connectivity index (χ2n) is 3.07. The zero-order chi connectivity index (χ0) is 10.0. The van der Waals surface area contributed by atoms with E-state index in [1.807, 2.05) is 20.8 Å². The minimum Gasteiger partial charge on any atom is -0.387 e. The van der Waals surface area contributed by atoms with E-state index in [9.17, 15) is 0 Å². The first kappa shape index (κ1) is 9.64. The molecule has 0 unspecified atom stereocenters. The number of nitrogens with zero attached hydrogens (tertiary/aromatic N) is 3. The molecule has 1 rings (SSSR count). The minimum absolute atomic E-state index is 0.445. The van der Waals surface area contributed by atoms with Crippen molar-refractivity contribution in [3.8, 4) is 0 Å². The molecule has 0 aliphatic rings. The molecule has 1 aromatic rings. The lowest BCUT2D eigenvalue weighted by atomic mass is 10.2. The third-order valence-corrected chi connectivity index (χ3v) is 1.90. The Morgan fingerprint density at radius 3 is 2.00 bits per heavy atom. The van der Waals surface area contributed by atoms with E-state index in [1.54, 1.807) is 6.92 Å². The molecule has 0 aromatic carbocycles. The maximum absolute atomic E-state index is 5.43. The van der Waals surface area contributed by atoms with Gasteiger partial charge in [-0.3, -0.25) is 0 Å². The van der Waals surface area contributed by atoms with Crippen LogP contribution in [0.4, 0.5) is 5.95 Å². The molecule has 0 radical (unpaired) electrons. The van der Waals surface area contributed by atoms with Gasteiger partial charge in [-0.25, -0.2) is 9.97 Å². The van der Waals surface area contributed by atoms with E-state index in [1.165, 1.54) is 0 Å².